The van der Waals surface area contributed by atoms with Gasteiger partial charge in [0.1, 0.15) is 0 Å². The molecule has 0 heterocycles. The van der Waals surface area contributed by atoms with Crippen LogP contribution in [0.2, 0.25) is 0 Å². The van der Waals surface area contributed by atoms with E-state index >= 15 is 0 Å². The molecule has 0 aromatic rings. The molecule has 4 heteroatoms. The lowest BCUT2D eigenvalue weighted by molar-refractivity contribution is -0.123. The van der Waals surface area contributed by atoms with E-state index in [0.29, 0.717) is 26.2 Å². The predicted octanol–water partition coefficient (Wildman–Crippen LogP) is 1.94. The van der Waals surface area contributed by atoms with Gasteiger partial charge in [-0.15, -0.1) is 0 Å². The van der Waals surface area contributed by atoms with Crippen molar-refractivity contribution >= 4 is 5.91 Å². The molecule has 2 N–H and O–H groups in total. The van der Waals surface area contributed by atoms with E-state index in [9.17, 15) is 4.79 Å². The van der Waals surface area contributed by atoms with E-state index in [0.717, 1.165) is 6.54 Å². The van der Waals surface area contributed by atoms with Crippen LogP contribution in [-0.4, -0.2) is 37.7 Å². The molecular weight excluding hydrogens is 228 g/mol. The topological polar surface area (TPSA) is 50.4 Å². The van der Waals surface area contributed by atoms with Crippen molar-refractivity contribution in [3.05, 3.63) is 0 Å². The van der Waals surface area contributed by atoms with Gasteiger partial charge in [-0.1, -0.05) is 20.8 Å². The number of rotatable bonds is 7. The first-order valence-electron chi connectivity index (χ1n) is 6.70. The number of carbonyl (C=O) groups is 1. The summed E-state index contributed by atoms with van der Waals surface area (Å²) in [7, 11) is 0. The van der Waals surface area contributed by atoms with Crippen molar-refractivity contribution in [2.45, 2.75) is 53.5 Å². The molecule has 0 spiro atoms. The second-order valence-electron chi connectivity index (χ2n) is 6.88. The van der Waals surface area contributed by atoms with Gasteiger partial charge in [-0.25, -0.2) is 0 Å². The van der Waals surface area contributed by atoms with Gasteiger partial charge in [0.2, 0.25) is 5.91 Å². The molecule has 0 aromatic heterocycles. The Morgan fingerprint density at radius 2 is 1.56 bits per heavy atom. The lowest BCUT2D eigenvalue weighted by Gasteiger charge is -2.20. The van der Waals surface area contributed by atoms with E-state index < -0.39 is 0 Å². The van der Waals surface area contributed by atoms with Crippen LogP contribution in [0.15, 0.2) is 0 Å². The van der Waals surface area contributed by atoms with Crippen molar-refractivity contribution in [3.8, 4) is 0 Å². The first-order valence-corrected chi connectivity index (χ1v) is 6.70. The summed E-state index contributed by atoms with van der Waals surface area (Å²) in [5, 5.41) is 6.20. The van der Waals surface area contributed by atoms with Gasteiger partial charge < -0.3 is 15.4 Å². The maximum absolute atomic E-state index is 11.5. The highest BCUT2D eigenvalue weighted by atomic mass is 16.5. The van der Waals surface area contributed by atoms with E-state index in [1.54, 1.807) is 0 Å². The van der Waals surface area contributed by atoms with Crippen LogP contribution < -0.4 is 10.6 Å². The van der Waals surface area contributed by atoms with Crippen molar-refractivity contribution in [1.82, 2.24) is 10.6 Å². The minimum absolute atomic E-state index is 0.0432. The maximum atomic E-state index is 11.5. The summed E-state index contributed by atoms with van der Waals surface area (Å²) in [5.74, 6) is 0.0962. The molecule has 0 aromatic carbocycles. The average molecular weight is 258 g/mol. The van der Waals surface area contributed by atoms with E-state index in [1.165, 1.54) is 0 Å². The molecule has 0 aliphatic heterocycles. The molecule has 0 aliphatic rings. The minimum Gasteiger partial charge on any atom is -0.378 e. The van der Waals surface area contributed by atoms with Crippen LogP contribution in [0.5, 0.6) is 0 Å². The van der Waals surface area contributed by atoms with E-state index in [2.05, 4.69) is 52.2 Å². The largest absolute Gasteiger partial charge is 0.378 e. The molecule has 0 saturated carbocycles. The van der Waals surface area contributed by atoms with Gasteiger partial charge in [-0.05, 0) is 26.2 Å². The second-order valence-corrected chi connectivity index (χ2v) is 6.88. The molecule has 0 fully saturated rings. The van der Waals surface area contributed by atoms with Crippen molar-refractivity contribution in [2.75, 3.05) is 26.3 Å². The number of hydrogen-bond donors (Lipinski definition) is 2. The number of nitrogens with one attached hydrogen (secondary N) is 2. The summed E-state index contributed by atoms with van der Waals surface area (Å²) in [6, 6.07) is 0. The van der Waals surface area contributed by atoms with Gasteiger partial charge in [0.05, 0.1) is 13.2 Å². The maximum Gasteiger partial charge on any atom is 0.220 e. The number of hydrogen-bond acceptors (Lipinski definition) is 3. The van der Waals surface area contributed by atoms with Crippen LogP contribution in [0, 0.1) is 5.41 Å². The molecule has 0 atom stereocenters. The fourth-order valence-electron chi connectivity index (χ4n) is 1.41. The SMILES string of the molecule is CC(C)(C)CC(=O)NCCOCCNC(C)(C)C. The fraction of sp³-hybridized carbons (Fsp3) is 0.929. The number of ether oxygens (including phenoxy) is 1. The second kappa shape index (κ2) is 7.74. The Balaban J connectivity index is 3.39. The van der Waals surface area contributed by atoms with Crippen molar-refractivity contribution in [3.63, 3.8) is 0 Å². The Kier molecular flexibility index (Phi) is 7.48. The molecule has 18 heavy (non-hydrogen) atoms. The van der Waals surface area contributed by atoms with Crippen molar-refractivity contribution in [1.29, 1.82) is 0 Å². The van der Waals surface area contributed by atoms with Crippen LogP contribution in [-0.2, 0) is 9.53 Å². The van der Waals surface area contributed by atoms with Gasteiger partial charge >= 0.3 is 0 Å². The Labute approximate surface area is 112 Å². The van der Waals surface area contributed by atoms with Crippen LogP contribution in [0.3, 0.4) is 0 Å². The van der Waals surface area contributed by atoms with Crippen LogP contribution in [0.25, 0.3) is 0 Å². The molecule has 108 valence electrons. The Hall–Kier alpha value is -0.610. The molecule has 4 nitrogen and oxygen atoms in total. The molecule has 0 saturated heterocycles. The highest BCUT2D eigenvalue weighted by Crippen LogP contribution is 2.17. The van der Waals surface area contributed by atoms with E-state index in [1.807, 2.05) is 0 Å². The third-order valence-corrected chi connectivity index (χ3v) is 2.16. The lowest BCUT2D eigenvalue weighted by atomic mass is 9.92. The first kappa shape index (κ1) is 17.4. The molecule has 0 radical (unpaired) electrons. The van der Waals surface area contributed by atoms with Crippen molar-refractivity contribution in [2.24, 2.45) is 5.41 Å². The molecule has 0 bridgehead atoms. The van der Waals surface area contributed by atoms with Gasteiger partial charge in [0, 0.05) is 25.0 Å². The average Bonchev–Trinajstić information content (AvgIpc) is 2.11. The molecule has 0 rings (SSSR count). The monoisotopic (exact) mass is 258 g/mol. The van der Waals surface area contributed by atoms with Gasteiger partial charge in [0.15, 0.2) is 0 Å². The zero-order valence-corrected chi connectivity index (χ0v) is 12.9. The lowest BCUT2D eigenvalue weighted by Crippen LogP contribution is -2.38. The third kappa shape index (κ3) is 13.5. The summed E-state index contributed by atoms with van der Waals surface area (Å²) < 4.78 is 5.43. The highest BCUT2D eigenvalue weighted by Gasteiger charge is 2.15. The predicted molar refractivity (Wildman–Crippen MR) is 75.7 cm³/mol. The summed E-state index contributed by atoms with van der Waals surface area (Å²) in [5.41, 5.74) is 0.172. The molecule has 0 aliphatic carbocycles. The summed E-state index contributed by atoms with van der Waals surface area (Å²) >= 11 is 0. The quantitative estimate of drug-likeness (QED) is 0.686. The zero-order chi connectivity index (χ0) is 14.2. The van der Waals surface area contributed by atoms with Gasteiger partial charge in [-0.2, -0.15) is 0 Å². The number of amides is 1. The summed E-state index contributed by atoms with van der Waals surface area (Å²) in [6.45, 7) is 15.2. The Bertz CT molecular complexity index is 239. The highest BCUT2D eigenvalue weighted by molar-refractivity contribution is 5.76. The molecule has 1 amide bonds. The van der Waals surface area contributed by atoms with Crippen LogP contribution in [0.1, 0.15) is 48.0 Å². The molecule has 0 unspecified atom stereocenters. The Morgan fingerprint density at radius 1 is 1.00 bits per heavy atom. The zero-order valence-electron chi connectivity index (χ0n) is 12.9. The summed E-state index contributed by atoms with van der Waals surface area (Å²) in [6.07, 6.45) is 0.554. The summed E-state index contributed by atoms with van der Waals surface area (Å²) in [4.78, 5) is 11.5. The molecular formula is C14H30N2O2. The fourth-order valence-corrected chi connectivity index (χ4v) is 1.41. The number of carbonyl (C=O) groups excluding carboxylic acids is 1. The Morgan fingerprint density at radius 3 is 2.06 bits per heavy atom. The van der Waals surface area contributed by atoms with Crippen LogP contribution in [0.4, 0.5) is 0 Å². The normalized spacial score (nSPS) is 12.6. The van der Waals surface area contributed by atoms with Crippen molar-refractivity contribution < 1.29 is 9.53 Å². The van der Waals surface area contributed by atoms with Crippen LogP contribution >= 0.6 is 0 Å². The standard InChI is InChI=1S/C14H30N2O2/c1-13(2,3)11-12(17)15-7-9-18-10-8-16-14(4,5)6/h16H,7-11H2,1-6H3,(H,15,17). The van der Waals surface area contributed by atoms with E-state index in [4.69, 9.17) is 4.74 Å². The first-order chi connectivity index (χ1) is 8.10. The van der Waals surface area contributed by atoms with Gasteiger partial charge in [0.25, 0.3) is 0 Å². The van der Waals surface area contributed by atoms with E-state index in [-0.39, 0.29) is 16.9 Å². The van der Waals surface area contributed by atoms with Gasteiger partial charge in [-0.3, -0.25) is 4.79 Å². The minimum atomic E-state index is 0.0432. The smallest absolute Gasteiger partial charge is 0.220 e. The third-order valence-electron chi connectivity index (χ3n) is 2.16.